The van der Waals surface area contributed by atoms with Crippen LogP contribution in [-0.2, 0) is 13.0 Å². The van der Waals surface area contributed by atoms with Gasteiger partial charge >= 0.3 is 0 Å². The van der Waals surface area contributed by atoms with E-state index in [-0.39, 0.29) is 0 Å². The van der Waals surface area contributed by atoms with Crippen LogP contribution >= 0.6 is 11.6 Å². The predicted octanol–water partition coefficient (Wildman–Crippen LogP) is 4.91. The number of methoxy groups -OCH3 is 2. The zero-order valence-corrected chi connectivity index (χ0v) is 16.0. The minimum absolute atomic E-state index is 0.532. The SMILES string of the molecule is COc1cc2c(cc1OC)CN(CC[C@@H](C)c1ccc(Cl)cc1)CC2. The van der Waals surface area contributed by atoms with Crippen LogP contribution in [-0.4, -0.2) is 32.2 Å². The Kier molecular flexibility index (Phi) is 5.87. The second kappa shape index (κ2) is 8.11. The number of hydrogen-bond acceptors (Lipinski definition) is 3. The lowest BCUT2D eigenvalue weighted by molar-refractivity contribution is 0.244. The van der Waals surface area contributed by atoms with Crippen molar-refractivity contribution in [1.82, 2.24) is 4.90 Å². The highest BCUT2D eigenvalue weighted by atomic mass is 35.5. The molecule has 1 heterocycles. The number of fused-ring (bicyclic) bond motifs is 1. The fourth-order valence-corrected chi connectivity index (χ4v) is 3.59. The Bertz CT molecular complexity index is 715. The van der Waals surface area contributed by atoms with Crippen LogP contribution in [0.4, 0.5) is 0 Å². The molecule has 2 aromatic rings. The summed E-state index contributed by atoms with van der Waals surface area (Å²) >= 11 is 5.98. The molecule has 134 valence electrons. The Labute approximate surface area is 155 Å². The maximum atomic E-state index is 5.98. The maximum Gasteiger partial charge on any atom is 0.161 e. The summed E-state index contributed by atoms with van der Waals surface area (Å²) in [5.74, 6) is 2.17. The third-order valence-electron chi connectivity index (χ3n) is 5.11. The van der Waals surface area contributed by atoms with E-state index < -0.39 is 0 Å². The van der Waals surface area contributed by atoms with Crippen LogP contribution in [0.25, 0.3) is 0 Å². The van der Waals surface area contributed by atoms with Gasteiger partial charge in [-0.3, -0.25) is 4.90 Å². The summed E-state index contributed by atoms with van der Waals surface area (Å²) in [4.78, 5) is 2.53. The highest BCUT2D eigenvalue weighted by Gasteiger charge is 2.20. The number of nitrogens with zero attached hydrogens (tertiary/aromatic N) is 1. The Balaban J connectivity index is 1.62. The van der Waals surface area contributed by atoms with Gasteiger partial charge in [-0.15, -0.1) is 0 Å². The van der Waals surface area contributed by atoms with Gasteiger partial charge < -0.3 is 9.47 Å². The topological polar surface area (TPSA) is 21.7 Å². The minimum atomic E-state index is 0.532. The summed E-state index contributed by atoms with van der Waals surface area (Å²) in [5, 5.41) is 0.799. The van der Waals surface area contributed by atoms with Crippen LogP contribution in [0.1, 0.15) is 36.0 Å². The average Bonchev–Trinajstić information content (AvgIpc) is 2.65. The van der Waals surface area contributed by atoms with E-state index in [4.69, 9.17) is 21.1 Å². The van der Waals surface area contributed by atoms with Crippen molar-refractivity contribution >= 4 is 11.6 Å². The van der Waals surface area contributed by atoms with E-state index in [9.17, 15) is 0 Å². The van der Waals surface area contributed by atoms with E-state index in [1.807, 2.05) is 12.1 Å². The van der Waals surface area contributed by atoms with Crippen LogP contribution in [0.3, 0.4) is 0 Å². The highest BCUT2D eigenvalue weighted by Crippen LogP contribution is 2.33. The molecular weight excluding hydrogens is 334 g/mol. The first-order valence-electron chi connectivity index (χ1n) is 8.82. The lowest BCUT2D eigenvalue weighted by Gasteiger charge is -2.30. The zero-order chi connectivity index (χ0) is 17.8. The molecule has 0 aliphatic carbocycles. The van der Waals surface area contributed by atoms with Crippen LogP contribution in [0.15, 0.2) is 36.4 Å². The molecule has 25 heavy (non-hydrogen) atoms. The van der Waals surface area contributed by atoms with Gasteiger partial charge in [0.25, 0.3) is 0 Å². The molecule has 0 unspecified atom stereocenters. The van der Waals surface area contributed by atoms with Crippen LogP contribution in [0, 0.1) is 0 Å². The van der Waals surface area contributed by atoms with Gasteiger partial charge in [-0.1, -0.05) is 30.7 Å². The molecule has 1 aliphatic rings. The van der Waals surface area contributed by atoms with Gasteiger partial charge in [0.15, 0.2) is 11.5 Å². The average molecular weight is 360 g/mol. The molecule has 1 aliphatic heterocycles. The number of ether oxygens (including phenoxy) is 2. The van der Waals surface area contributed by atoms with Crippen molar-refractivity contribution in [3.05, 3.63) is 58.1 Å². The zero-order valence-electron chi connectivity index (χ0n) is 15.2. The molecule has 3 nitrogen and oxygen atoms in total. The predicted molar refractivity (Wildman–Crippen MR) is 103 cm³/mol. The summed E-state index contributed by atoms with van der Waals surface area (Å²) < 4.78 is 10.9. The number of halogens is 1. The van der Waals surface area contributed by atoms with E-state index >= 15 is 0 Å². The normalized spacial score (nSPS) is 15.5. The fraction of sp³-hybridized carbons (Fsp3) is 0.429. The number of rotatable bonds is 6. The van der Waals surface area contributed by atoms with Gasteiger partial charge in [0.1, 0.15) is 0 Å². The molecule has 0 fully saturated rings. The van der Waals surface area contributed by atoms with Crippen molar-refractivity contribution in [3.63, 3.8) is 0 Å². The van der Waals surface area contributed by atoms with Crippen molar-refractivity contribution in [2.75, 3.05) is 27.3 Å². The van der Waals surface area contributed by atoms with Crippen molar-refractivity contribution in [3.8, 4) is 11.5 Å². The van der Waals surface area contributed by atoms with Crippen LogP contribution in [0.2, 0.25) is 5.02 Å². The lowest BCUT2D eigenvalue weighted by Crippen LogP contribution is -2.32. The van der Waals surface area contributed by atoms with E-state index in [2.05, 4.69) is 36.1 Å². The first-order chi connectivity index (χ1) is 12.1. The third-order valence-corrected chi connectivity index (χ3v) is 5.37. The molecule has 0 aromatic heterocycles. The first kappa shape index (κ1) is 18.1. The summed E-state index contributed by atoms with van der Waals surface area (Å²) in [6, 6.07) is 12.5. The molecule has 3 rings (SSSR count). The molecule has 0 bridgehead atoms. The smallest absolute Gasteiger partial charge is 0.161 e. The van der Waals surface area contributed by atoms with Gasteiger partial charge in [-0.2, -0.15) is 0 Å². The van der Waals surface area contributed by atoms with Crippen molar-refractivity contribution in [1.29, 1.82) is 0 Å². The highest BCUT2D eigenvalue weighted by molar-refractivity contribution is 6.30. The fourth-order valence-electron chi connectivity index (χ4n) is 3.47. The molecule has 0 N–H and O–H groups in total. The van der Waals surface area contributed by atoms with Gasteiger partial charge in [0.2, 0.25) is 0 Å². The summed E-state index contributed by atoms with van der Waals surface area (Å²) in [6.07, 6.45) is 2.20. The van der Waals surface area contributed by atoms with Crippen molar-refractivity contribution < 1.29 is 9.47 Å². The Morgan fingerprint density at radius 1 is 1.04 bits per heavy atom. The Morgan fingerprint density at radius 2 is 1.68 bits per heavy atom. The maximum absolute atomic E-state index is 5.98. The molecule has 0 saturated carbocycles. The molecule has 0 radical (unpaired) electrons. The first-order valence-corrected chi connectivity index (χ1v) is 9.20. The van der Waals surface area contributed by atoms with Crippen molar-refractivity contribution in [2.24, 2.45) is 0 Å². The molecule has 0 saturated heterocycles. The lowest BCUT2D eigenvalue weighted by atomic mass is 9.95. The monoisotopic (exact) mass is 359 g/mol. The van der Waals surface area contributed by atoms with E-state index in [1.165, 1.54) is 16.7 Å². The Morgan fingerprint density at radius 3 is 2.32 bits per heavy atom. The van der Waals surface area contributed by atoms with Crippen molar-refractivity contribution in [2.45, 2.75) is 32.2 Å². The summed E-state index contributed by atoms with van der Waals surface area (Å²) in [7, 11) is 3.39. The molecule has 0 spiro atoms. The van der Waals surface area contributed by atoms with Gasteiger partial charge in [0, 0.05) is 18.1 Å². The van der Waals surface area contributed by atoms with Gasteiger partial charge in [0.05, 0.1) is 14.2 Å². The summed E-state index contributed by atoms with van der Waals surface area (Å²) in [5.41, 5.74) is 4.08. The molecule has 0 amide bonds. The number of benzene rings is 2. The van der Waals surface area contributed by atoms with E-state index in [0.29, 0.717) is 5.92 Å². The molecule has 4 heteroatoms. The largest absolute Gasteiger partial charge is 0.493 e. The summed E-state index contributed by atoms with van der Waals surface area (Å²) in [6.45, 7) is 5.45. The van der Waals surface area contributed by atoms with Crippen LogP contribution < -0.4 is 9.47 Å². The Hall–Kier alpha value is -1.71. The molecule has 1 atom stereocenters. The third kappa shape index (κ3) is 4.28. The number of hydrogen-bond donors (Lipinski definition) is 0. The molecular formula is C21H26ClNO2. The quantitative estimate of drug-likeness (QED) is 0.731. The van der Waals surface area contributed by atoms with Gasteiger partial charge in [-0.05, 0) is 66.3 Å². The second-order valence-electron chi connectivity index (χ2n) is 6.74. The van der Waals surface area contributed by atoms with Crippen LogP contribution in [0.5, 0.6) is 11.5 Å². The van der Waals surface area contributed by atoms with E-state index in [1.54, 1.807) is 14.2 Å². The van der Waals surface area contributed by atoms with E-state index in [0.717, 1.165) is 49.0 Å². The van der Waals surface area contributed by atoms with Gasteiger partial charge in [-0.25, -0.2) is 0 Å². The second-order valence-corrected chi connectivity index (χ2v) is 7.18. The molecule has 2 aromatic carbocycles. The minimum Gasteiger partial charge on any atom is -0.493 e. The standard InChI is InChI=1S/C21H26ClNO2/c1-15(16-4-6-19(22)7-5-16)8-10-23-11-9-17-12-20(24-2)21(25-3)13-18(17)14-23/h4-7,12-13,15H,8-11,14H2,1-3H3/t15-/m1/s1.